The molecule has 0 aliphatic heterocycles. The molecule has 0 spiro atoms. The first kappa shape index (κ1) is 15.2. The second-order valence-corrected chi connectivity index (χ2v) is 4.36. The zero-order valence-electron chi connectivity index (χ0n) is 9.84. The van der Waals surface area contributed by atoms with E-state index in [1.165, 1.54) is 7.05 Å². The van der Waals surface area contributed by atoms with Crippen molar-refractivity contribution in [3.05, 3.63) is 0 Å². The molecule has 3 nitrogen and oxygen atoms in total. The minimum absolute atomic E-state index is 0.245. The molecule has 96 valence electrons. The van der Waals surface area contributed by atoms with Gasteiger partial charge in [-0.1, -0.05) is 13.8 Å². The maximum absolute atomic E-state index is 11.9. The number of amides is 1. The van der Waals surface area contributed by atoms with Crippen LogP contribution in [0.3, 0.4) is 0 Å². The summed E-state index contributed by atoms with van der Waals surface area (Å²) in [4.78, 5) is 12.6. The lowest BCUT2D eigenvalue weighted by Crippen LogP contribution is -2.43. The quantitative estimate of drug-likeness (QED) is 0.796. The summed E-state index contributed by atoms with van der Waals surface area (Å²) in [6, 6.07) is -0.710. The fourth-order valence-corrected chi connectivity index (χ4v) is 1.30. The Hall–Kier alpha value is -0.780. The smallest absolute Gasteiger partial charge is 0.344 e. The Kier molecular flexibility index (Phi) is 5.78. The van der Waals surface area contributed by atoms with Crippen LogP contribution in [0, 0.1) is 5.92 Å². The monoisotopic (exact) mass is 240 g/mol. The van der Waals surface area contributed by atoms with Gasteiger partial charge in [0.1, 0.15) is 0 Å². The highest BCUT2D eigenvalue weighted by molar-refractivity contribution is 5.81. The molecule has 2 N–H and O–H groups in total. The second-order valence-electron chi connectivity index (χ2n) is 4.36. The van der Waals surface area contributed by atoms with Gasteiger partial charge in [-0.2, -0.15) is 13.2 Å². The third kappa shape index (κ3) is 6.66. The molecule has 0 aromatic carbocycles. The van der Waals surface area contributed by atoms with E-state index in [1.54, 1.807) is 0 Å². The second kappa shape index (κ2) is 6.08. The third-order valence-corrected chi connectivity index (χ3v) is 2.15. The molecule has 1 atom stereocenters. The largest absolute Gasteiger partial charge is 0.390 e. The van der Waals surface area contributed by atoms with Gasteiger partial charge < -0.3 is 10.6 Å². The molecule has 0 heterocycles. The lowest BCUT2D eigenvalue weighted by molar-refractivity contribution is -0.144. The third-order valence-electron chi connectivity index (χ3n) is 2.15. The molecule has 0 saturated heterocycles. The SMILES string of the molecule is CC(C)CC(N)C(=O)N(C)CCC(F)(F)F. The number of nitrogens with zero attached hydrogens (tertiary/aromatic N) is 1. The number of hydrogen-bond acceptors (Lipinski definition) is 2. The number of nitrogens with two attached hydrogens (primary N) is 1. The molecular formula is C10H19F3N2O. The van der Waals surface area contributed by atoms with E-state index in [2.05, 4.69) is 0 Å². The van der Waals surface area contributed by atoms with E-state index in [4.69, 9.17) is 5.73 Å². The van der Waals surface area contributed by atoms with Crippen LogP contribution in [0.4, 0.5) is 13.2 Å². The van der Waals surface area contributed by atoms with Gasteiger partial charge in [0, 0.05) is 13.6 Å². The zero-order chi connectivity index (χ0) is 12.9. The number of halogens is 3. The standard InChI is InChI=1S/C10H19F3N2O/c1-7(2)6-8(14)9(16)15(3)5-4-10(11,12)13/h7-8H,4-6,14H2,1-3H3. The van der Waals surface area contributed by atoms with Crippen LogP contribution in [0.1, 0.15) is 26.7 Å². The average Bonchev–Trinajstić information content (AvgIpc) is 2.10. The van der Waals surface area contributed by atoms with Crippen LogP contribution in [0.25, 0.3) is 0 Å². The Balaban J connectivity index is 4.08. The molecule has 0 aromatic heterocycles. The average molecular weight is 240 g/mol. The van der Waals surface area contributed by atoms with Gasteiger partial charge in [-0.15, -0.1) is 0 Å². The molecule has 0 bridgehead atoms. The number of rotatable bonds is 5. The topological polar surface area (TPSA) is 46.3 Å². The van der Waals surface area contributed by atoms with E-state index in [0.29, 0.717) is 6.42 Å². The van der Waals surface area contributed by atoms with E-state index < -0.39 is 24.5 Å². The van der Waals surface area contributed by atoms with E-state index in [1.807, 2.05) is 13.8 Å². The molecule has 0 radical (unpaired) electrons. The zero-order valence-corrected chi connectivity index (χ0v) is 9.84. The maximum atomic E-state index is 11.9. The molecule has 0 aromatic rings. The van der Waals surface area contributed by atoms with Gasteiger partial charge >= 0.3 is 6.18 Å². The van der Waals surface area contributed by atoms with Crippen molar-refractivity contribution in [2.75, 3.05) is 13.6 Å². The summed E-state index contributed by atoms with van der Waals surface area (Å²) >= 11 is 0. The molecule has 0 aliphatic rings. The molecule has 1 amide bonds. The van der Waals surface area contributed by atoms with Crippen molar-refractivity contribution in [1.82, 2.24) is 4.90 Å². The normalized spacial score (nSPS) is 14.0. The molecule has 0 saturated carbocycles. The summed E-state index contributed by atoms with van der Waals surface area (Å²) in [5.41, 5.74) is 5.59. The molecule has 1 unspecified atom stereocenters. The van der Waals surface area contributed by atoms with Crippen LogP contribution < -0.4 is 5.73 Å². The van der Waals surface area contributed by atoms with E-state index in [9.17, 15) is 18.0 Å². The molecular weight excluding hydrogens is 221 g/mol. The number of carbonyl (C=O) groups excluding carboxylic acids is 1. The molecule has 6 heteroatoms. The van der Waals surface area contributed by atoms with Crippen LogP contribution in [0.5, 0.6) is 0 Å². The summed E-state index contributed by atoms with van der Waals surface area (Å²) in [5.74, 6) is -0.187. The van der Waals surface area contributed by atoms with Crippen molar-refractivity contribution in [3.63, 3.8) is 0 Å². The van der Waals surface area contributed by atoms with E-state index in [0.717, 1.165) is 4.90 Å². The Bertz CT molecular complexity index is 229. The van der Waals surface area contributed by atoms with E-state index >= 15 is 0 Å². The first-order valence-electron chi connectivity index (χ1n) is 5.20. The van der Waals surface area contributed by atoms with Gasteiger partial charge in [-0.25, -0.2) is 0 Å². The summed E-state index contributed by atoms with van der Waals surface area (Å²) < 4.78 is 35.8. The van der Waals surface area contributed by atoms with Crippen molar-refractivity contribution < 1.29 is 18.0 Å². The van der Waals surface area contributed by atoms with Gasteiger partial charge in [0.05, 0.1) is 12.5 Å². The summed E-state index contributed by atoms with van der Waals surface area (Å²) in [7, 11) is 1.34. The van der Waals surface area contributed by atoms with Crippen molar-refractivity contribution in [1.29, 1.82) is 0 Å². The van der Waals surface area contributed by atoms with Crippen LogP contribution in [-0.2, 0) is 4.79 Å². The van der Waals surface area contributed by atoms with Crippen LogP contribution in [0.2, 0.25) is 0 Å². The van der Waals surface area contributed by atoms with Gasteiger partial charge in [-0.3, -0.25) is 4.79 Å². The Morgan fingerprint density at radius 3 is 2.25 bits per heavy atom. The molecule has 16 heavy (non-hydrogen) atoms. The molecule has 0 fully saturated rings. The van der Waals surface area contributed by atoms with Crippen molar-refractivity contribution in [3.8, 4) is 0 Å². The minimum atomic E-state index is -4.24. The van der Waals surface area contributed by atoms with Crippen molar-refractivity contribution in [2.45, 2.75) is 38.9 Å². The minimum Gasteiger partial charge on any atom is -0.344 e. The fraction of sp³-hybridized carbons (Fsp3) is 0.900. The number of carbonyl (C=O) groups is 1. The summed E-state index contributed by atoms with van der Waals surface area (Å²) in [5, 5.41) is 0. The predicted molar refractivity (Wildman–Crippen MR) is 55.7 cm³/mol. The lowest BCUT2D eigenvalue weighted by Gasteiger charge is -2.22. The Morgan fingerprint density at radius 2 is 1.88 bits per heavy atom. The van der Waals surface area contributed by atoms with Gasteiger partial charge in [0.15, 0.2) is 0 Å². The number of likely N-dealkylation sites (N-methyl/N-ethyl adjacent to an activating group) is 1. The highest BCUT2D eigenvalue weighted by atomic mass is 19.4. The fourth-order valence-electron chi connectivity index (χ4n) is 1.30. The van der Waals surface area contributed by atoms with Crippen LogP contribution in [0.15, 0.2) is 0 Å². The van der Waals surface area contributed by atoms with Crippen molar-refractivity contribution >= 4 is 5.91 Å². The first-order valence-corrected chi connectivity index (χ1v) is 5.20. The molecule has 0 aliphatic carbocycles. The highest BCUT2D eigenvalue weighted by Crippen LogP contribution is 2.19. The highest BCUT2D eigenvalue weighted by Gasteiger charge is 2.29. The van der Waals surface area contributed by atoms with Gasteiger partial charge in [0.2, 0.25) is 5.91 Å². The lowest BCUT2D eigenvalue weighted by atomic mass is 10.0. The maximum Gasteiger partial charge on any atom is 0.390 e. The van der Waals surface area contributed by atoms with Gasteiger partial charge in [0.25, 0.3) is 0 Å². The van der Waals surface area contributed by atoms with E-state index in [-0.39, 0.29) is 12.5 Å². The predicted octanol–water partition coefficient (Wildman–Crippen LogP) is 1.77. The summed E-state index contributed by atoms with van der Waals surface area (Å²) in [6.45, 7) is 3.47. The Labute approximate surface area is 93.8 Å². The van der Waals surface area contributed by atoms with Crippen LogP contribution in [-0.4, -0.2) is 36.6 Å². The van der Waals surface area contributed by atoms with Gasteiger partial charge in [-0.05, 0) is 12.3 Å². The van der Waals surface area contributed by atoms with Crippen LogP contribution >= 0.6 is 0 Å². The molecule has 0 rings (SSSR count). The van der Waals surface area contributed by atoms with Crippen molar-refractivity contribution in [2.24, 2.45) is 11.7 Å². The Morgan fingerprint density at radius 1 is 1.38 bits per heavy atom. The number of hydrogen-bond donors (Lipinski definition) is 1. The summed E-state index contributed by atoms with van der Waals surface area (Å²) in [6.07, 6.45) is -4.75. The first-order chi connectivity index (χ1) is 7.13. The number of alkyl halides is 3.